The maximum Gasteiger partial charge on any atom is 0.122 e. The van der Waals surface area contributed by atoms with E-state index in [9.17, 15) is 5.11 Å². The van der Waals surface area contributed by atoms with E-state index in [1.807, 2.05) is 26.0 Å². The molecule has 1 aromatic carbocycles. The number of aliphatic hydroxyl groups is 1. The van der Waals surface area contributed by atoms with Crippen LogP contribution >= 0.6 is 0 Å². The van der Waals surface area contributed by atoms with Gasteiger partial charge >= 0.3 is 0 Å². The molecule has 0 fully saturated rings. The Hall–Kier alpha value is -1.06. The molecule has 2 unspecified atom stereocenters. The van der Waals surface area contributed by atoms with E-state index in [1.54, 1.807) is 14.0 Å². The van der Waals surface area contributed by atoms with Crippen molar-refractivity contribution in [3.63, 3.8) is 0 Å². The molecule has 0 bridgehead atoms. The molecule has 0 spiro atoms. The molecular formula is C12H19NO2. The van der Waals surface area contributed by atoms with Gasteiger partial charge in [-0.05, 0) is 43.5 Å². The summed E-state index contributed by atoms with van der Waals surface area (Å²) in [6, 6.07) is 3.47. The standard InChI is InChI=1S/C12H19NO2/c1-7-8(2)11(15-4)6-5-10(7)12(14)9(3)13/h5-6,9,12,14H,13H2,1-4H3. The molecule has 0 aliphatic heterocycles. The summed E-state index contributed by atoms with van der Waals surface area (Å²) >= 11 is 0. The average molecular weight is 209 g/mol. The minimum Gasteiger partial charge on any atom is -0.496 e. The molecule has 1 rings (SSSR count). The Kier molecular flexibility index (Phi) is 3.72. The van der Waals surface area contributed by atoms with Gasteiger partial charge in [-0.15, -0.1) is 0 Å². The van der Waals surface area contributed by atoms with Gasteiger partial charge in [0.25, 0.3) is 0 Å². The molecule has 3 N–H and O–H groups in total. The summed E-state index contributed by atoms with van der Waals surface area (Å²) in [5.41, 5.74) is 8.65. The molecule has 0 aliphatic carbocycles. The molecule has 84 valence electrons. The average Bonchev–Trinajstić information content (AvgIpc) is 2.21. The van der Waals surface area contributed by atoms with E-state index in [4.69, 9.17) is 10.5 Å². The van der Waals surface area contributed by atoms with Gasteiger partial charge in [-0.3, -0.25) is 0 Å². The number of aliphatic hydroxyl groups excluding tert-OH is 1. The first-order valence-corrected chi connectivity index (χ1v) is 5.06. The lowest BCUT2D eigenvalue weighted by molar-refractivity contribution is 0.152. The molecule has 0 saturated heterocycles. The number of hydrogen-bond acceptors (Lipinski definition) is 3. The summed E-state index contributed by atoms with van der Waals surface area (Å²) in [5.74, 6) is 0.841. The third kappa shape index (κ3) is 2.30. The SMILES string of the molecule is COc1ccc(C(O)C(C)N)c(C)c1C. The van der Waals surface area contributed by atoms with Crippen molar-refractivity contribution in [2.24, 2.45) is 5.73 Å². The van der Waals surface area contributed by atoms with Crippen LogP contribution in [0.2, 0.25) is 0 Å². The van der Waals surface area contributed by atoms with Crippen LogP contribution in [0.15, 0.2) is 12.1 Å². The smallest absolute Gasteiger partial charge is 0.122 e. The second kappa shape index (κ2) is 4.64. The van der Waals surface area contributed by atoms with Crippen LogP contribution in [0.3, 0.4) is 0 Å². The van der Waals surface area contributed by atoms with Crippen molar-refractivity contribution in [3.05, 3.63) is 28.8 Å². The minimum atomic E-state index is -0.616. The zero-order valence-corrected chi connectivity index (χ0v) is 9.74. The van der Waals surface area contributed by atoms with Crippen molar-refractivity contribution in [1.82, 2.24) is 0 Å². The predicted octanol–water partition coefficient (Wildman–Crippen LogP) is 1.69. The third-order valence-electron chi connectivity index (χ3n) is 2.82. The van der Waals surface area contributed by atoms with E-state index in [0.717, 1.165) is 22.4 Å². The van der Waals surface area contributed by atoms with Gasteiger partial charge in [-0.1, -0.05) is 6.07 Å². The van der Waals surface area contributed by atoms with Crippen molar-refractivity contribution in [1.29, 1.82) is 0 Å². The number of benzene rings is 1. The van der Waals surface area contributed by atoms with Gasteiger partial charge in [0.2, 0.25) is 0 Å². The fraction of sp³-hybridized carbons (Fsp3) is 0.500. The van der Waals surface area contributed by atoms with Crippen LogP contribution in [0, 0.1) is 13.8 Å². The number of methoxy groups -OCH3 is 1. The van der Waals surface area contributed by atoms with Crippen LogP contribution in [-0.4, -0.2) is 18.3 Å². The van der Waals surface area contributed by atoms with Gasteiger partial charge < -0.3 is 15.6 Å². The Labute approximate surface area is 90.9 Å². The summed E-state index contributed by atoms with van der Waals surface area (Å²) in [6.07, 6.45) is -0.616. The van der Waals surface area contributed by atoms with Gasteiger partial charge in [0, 0.05) is 6.04 Å². The molecule has 2 atom stereocenters. The molecule has 0 aromatic heterocycles. The lowest BCUT2D eigenvalue weighted by atomic mass is 9.95. The molecule has 15 heavy (non-hydrogen) atoms. The summed E-state index contributed by atoms with van der Waals surface area (Å²) in [5, 5.41) is 9.90. The Morgan fingerprint density at radius 1 is 1.27 bits per heavy atom. The fourth-order valence-corrected chi connectivity index (χ4v) is 1.64. The van der Waals surface area contributed by atoms with Gasteiger partial charge in [-0.2, -0.15) is 0 Å². The highest BCUT2D eigenvalue weighted by Crippen LogP contribution is 2.28. The molecular weight excluding hydrogens is 190 g/mol. The fourth-order valence-electron chi connectivity index (χ4n) is 1.64. The van der Waals surface area contributed by atoms with Gasteiger partial charge in [0.05, 0.1) is 13.2 Å². The summed E-state index contributed by atoms with van der Waals surface area (Å²) < 4.78 is 5.21. The molecule has 1 aromatic rings. The Balaban J connectivity index is 3.17. The van der Waals surface area contributed by atoms with Gasteiger partial charge in [0.15, 0.2) is 0 Å². The monoisotopic (exact) mass is 209 g/mol. The second-order valence-corrected chi connectivity index (χ2v) is 3.91. The van der Waals surface area contributed by atoms with E-state index in [2.05, 4.69) is 0 Å². The molecule has 0 heterocycles. The van der Waals surface area contributed by atoms with Gasteiger partial charge in [-0.25, -0.2) is 0 Å². The van der Waals surface area contributed by atoms with Crippen molar-refractivity contribution < 1.29 is 9.84 Å². The van der Waals surface area contributed by atoms with Crippen LogP contribution in [-0.2, 0) is 0 Å². The van der Waals surface area contributed by atoms with E-state index >= 15 is 0 Å². The van der Waals surface area contributed by atoms with Crippen LogP contribution in [0.25, 0.3) is 0 Å². The first-order valence-electron chi connectivity index (χ1n) is 5.06. The van der Waals surface area contributed by atoms with E-state index in [1.165, 1.54) is 0 Å². The first-order chi connectivity index (χ1) is 6.99. The highest BCUT2D eigenvalue weighted by molar-refractivity contribution is 5.44. The summed E-state index contributed by atoms with van der Waals surface area (Å²) in [4.78, 5) is 0. The molecule has 0 radical (unpaired) electrons. The maximum absolute atomic E-state index is 9.90. The maximum atomic E-state index is 9.90. The molecule has 3 heteroatoms. The van der Waals surface area contributed by atoms with E-state index in [0.29, 0.717) is 0 Å². The van der Waals surface area contributed by atoms with Gasteiger partial charge in [0.1, 0.15) is 5.75 Å². The number of rotatable bonds is 3. The highest BCUT2D eigenvalue weighted by Gasteiger charge is 2.16. The number of nitrogens with two attached hydrogens (primary N) is 1. The van der Waals surface area contributed by atoms with Crippen molar-refractivity contribution >= 4 is 0 Å². The van der Waals surface area contributed by atoms with Crippen LogP contribution in [0.4, 0.5) is 0 Å². The highest BCUT2D eigenvalue weighted by atomic mass is 16.5. The normalized spacial score (nSPS) is 14.8. The third-order valence-corrected chi connectivity index (χ3v) is 2.82. The number of ether oxygens (including phenoxy) is 1. The number of hydrogen-bond donors (Lipinski definition) is 2. The molecule has 0 amide bonds. The topological polar surface area (TPSA) is 55.5 Å². The van der Waals surface area contributed by atoms with Crippen molar-refractivity contribution in [2.45, 2.75) is 32.9 Å². The Morgan fingerprint density at radius 3 is 2.33 bits per heavy atom. The quantitative estimate of drug-likeness (QED) is 0.796. The van der Waals surface area contributed by atoms with E-state index < -0.39 is 6.10 Å². The molecule has 3 nitrogen and oxygen atoms in total. The first kappa shape index (κ1) is 12.0. The Morgan fingerprint density at radius 2 is 1.87 bits per heavy atom. The lowest BCUT2D eigenvalue weighted by Crippen LogP contribution is -2.25. The van der Waals surface area contributed by atoms with Crippen LogP contribution in [0.5, 0.6) is 5.75 Å². The summed E-state index contributed by atoms with van der Waals surface area (Å²) in [6.45, 7) is 5.74. The zero-order chi connectivity index (χ0) is 11.6. The zero-order valence-electron chi connectivity index (χ0n) is 9.74. The van der Waals surface area contributed by atoms with E-state index in [-0.39, 0.29) is 6.04 Å². The largest absolute Gasteiger partial charge is 0.496 e. The van der Waals surface area contributed by atoms with Crippen LogP contribution in [0.1, 0.15) is 29.7 Å². The van der Waals surface area contributed by atoms with Crippen molar-refractivity contribution in [3.8, 4) is 5.75 Å². The predicted molar refractivity (Wildman–Crippen MR) is 61.1 cm³/mol. The minimum absolute atomic E-state index is 0.267. The Bertz CT molecular complexity index is 348. The molecule has 0 aliphatic rings. The lowest BCUT2D eigenvalue weighted by Gasteiger charge is -2.19. The summed E-state index contributed by atoms with van der Waals surface area (Å²) in [7, 11) is 1.64. The second-order valence-electron chi connectivity index (χ2n) is 3.91. The van der Waals surface area contributed by atoms with Crippen LogP contribution < -0.4 is 10.5 Å². The molecule has 0 saturated carbocycles. The van der Waals surface area contributed by atoms with Crippen molar-refractivity contribution in [2.75, 3.05) is 7.11 Å².